The number of pyridine rings is 2. The lowest BCUT2D eigenvalue weighted by Gasteiger charge is -2.08. The quantitative estimate of drug-likeness (QED) is 0.565. The SMILES string of the molecule is COc1nc2ccccc2cc1-c1nnc2ccccn12. The lowest BCUT2D eigenvalue weighted by atomic mass is 10.1. The highest BCUT2D eigenvalue weighted by molar-refractivity contribution is 5.85. The van der Waals surface area contributed by atoms with Crippen molar-refractivity contribution in [3.05, 3.63) is 54.7 Å². The largest absolute Gasteiger partial charge is 0.480 e. The van der Waals surface area contributed by atoms with Gasteiger partial charge in [0.05, 0.1) is 18.2 Å². The van der Waals surface area contributed by atoms with Crippen LogP contribution in [0, 0.1) is 0 Å². The van der Waals surface area contributed by atoms with Gasteiger partial charge >= 0.3 is 0 Å². The molecule has 0 aliphatic carbocycles. The molecule has 21 heavy (non-hydrogen) atoms. The predicted molar refractivity (Wildman–Crippen MR) is 80.3 cm³/mol. The third-order valence-electron chi connectivity index (χ3n) is 3.44. The molecule has 0 atom stereocenters. The normalized spacial score (nSPS) is 11.1. The zero-order valence-corrected chi connectivity index (χ0v) is 11.4. The maximum absolute atomic E-state index is 5.43. The number of benzene rings is 1. The van der Waals surface area contributed by atoms with E-state index in [1.54, 1.807) is 7.11 Å². The van der Waals surface area contributed by atoms with Gasteiger partial charge in [0.1, 0.15) is 0 Å². The van der Waals surface area contributed by atoms with Gasteiger partial charge in [0.25, 0.3) is 0 Å². The number of hydrogen-bond acceptors (Lipinski definition) is 4. The molecule has 5 heteroatoms. The molecule has 5 nitrogen and oxygen atoms in total. The highest BCUT2D eigenvalue weighted by Gasteiger charge is 2.15. The number of fused-ring (bicyclic) bond motifs is 2. The van der Waals surface area contributed by atoms with Crippen molar-refractivity contribution in [2.24, 2.45) is 0 Å². The number of ether oxygens (including phenoxy) is 1. The molecule has 1 aromatic carbocycles. The summed E-state index contributed by atoms with van der Waals surface area (Å²) in [6.07, 6.45) is 1.93. The Balaban J connectivity index is 2.04. The molecule has 0 saturated carbocycles. The number of aromatic nitrogens is 4. The van der Waals surface area contributed by atoms with E-state index < -0.39 is 0 Å². The second-order valence-electron chi connectivity index (χ2n) is 4.69. The van der Waals surface area contributed by atoms with Crippen LogP contribution in [-0.4, -0.2) is 26.7 Å². The standard InChI is InChI=1S/C16H12N4O/c1-21-16-12(10-11-6-2-3-7-13(11)17-16)15-19-18-14-8-4-5-9-20(14)15/h2-10H,1H3. The fourth-order valence-corrected chi connectivity index (χ4v) is 2.44. The van der Waals surface area contributed by atoms with Gasteiger partial charge in [-0.3, -0.25) is 4.40 Å². The first kappa shape index (κ1) is 11.8. The smallest absolute Gasteiger partial charge is 0.224 e. The molecular formula is C16H12N4O. The van der Waals surface area contributed by atoms with Crippen molar-refractivity contribution in [1.82, 2.24) is 19.6 Å². The van der Waals surface area contributed by atoms with Gasteiger partial charge in [-0.15, -0.1) is 10.2 Å². The van der Waals surface area contributed by atoms with Crippen molar-refractivity contribution in [2.75, 3.05) is 7.11 Å². The third-order valence-corrected chi connectivity index (χ3v) is 3.44. The van der Waals surface area contributed by atoms with E-state index in [0.717, 1.165) is 27.9 Å². The molecule has 0 unspecified atom stereocenters. The third kappa shape index (κ3) is 1.82. The minimum atomic E-state index is 0.548. The van der Waals surface area contributed by atoms with Gasteiger partial charge < -0.3 is 4.74 Å². The van der Waals surface area contributed by atoms with Crippen LogP contribution < -0.4 is 4.74 Å². The molecule has 0 aliphatic rings. The van der Waals surface area contributed by atoms with E-state index in [1.807, 2.05) is 59.1 Å². The number of methoxy groups -OCH3 is 1. The average Bonchev–Trinajstić information content (AvgIpc) is 2.97. The van der Waals surface area contributed by atoms with Crippen molar-refractivity contribution in [3.63, 3.8) is 0 Å². The molecule has 0 N–H and O–H groups in total. The van der Waals surface area contributed by atoms with Gasteiger partial charge in [-0.05, 0) is 24.3 Å². The van der Waals surface area contributed by atoms with Crippen LogP contribution in [0.1, 0.15) is 0 Å². The van der Waals surface area contributed by atoms with Crippen LogP contribution in [0.4, 0.5) is 0 Å². The van der Waals surface area contributed by atoms with E-state index in [9.17, 15) is 0 Å². The molecule has 0 aliphatic heterocycles. The maximum atomic E-state index is 5.43. The van der Waals surface area contributed by atoms with E-state index in [2.05, 4.69) is 15.2 Å². The summed E-state index contributed by atoms with van der Waals surface area (Å²) < 4.78 is 7.36. The Labute approximate surface area is 120 Å². The molecular weight excluding hydrogens is 264 g/mol. The number of nitrogens with zero attached hydrogens (tertiary/aromatic N) is 4. The molecule has 4 aromatic rings. The van der Waals surface area contributed by atoms with Crippen LogP contribution in [0.25, 0.3) is 27.9 Å². The highest BCUT2D eigenvalue weighted by atomic mass is 16.5. The zero-order chi connectivity index (χ0) is 14.2. The van der Waals surface area contributed by atoms with E-state index in [4.69, 9.17) is 4.74 Å². The fraction of sp³-hybridized carbons (Fsp3) is 0.0625. The van der Waals surface area contributed by atoms with E-state index >= 15 is 0 Å². The first-order valence-corrected chi connectivity index (χ1v) is 6.61. The number of hydrogen-bond donors (Lipinski definition) is 0. The minimum absolute atomic E-state index is 0.548. The van der Waals surface area contributed by atoms with Crippen molar-refractivity contribution < 1.29 is 4.74 Å². The summed E-state index contributed by atoms with van der Waals surface area (Å²) in [6.45, 7) is 0. The van der Waals surface area contributed by atoms with Crippen LogP contribution in [0.3, 0.4) is 0 Å². The van der Waals surface area contributed by atoms with Crippen LogP contribution in [0.2, 0.25) is 0 Å². The second kappa shape index (κ2) is 4.56. The van der Waals surface area contributed by atoms with E-state index in [0.29, 0.717) is 5.88 Å². The summed E-state index contributed by atoms with van der Waals surface area (Å²) in [5, 5.41) is 9.50. The number of para-hydroxylation sites is 1. The molecule has 0 amide bonds. The molecule has 0 fully saturated rings. The summed E-state index contributed by atoms with van der Waals surface area (Å²) in [5.41, 5.74) is 2.52. The molecule has 102 valence electrons. The molecule has 0 spiro atoms. The Morgan fingerprint density at radius 1 is 1.00 bits per heavy atom. The van der Waals surface area contributed by atoms with Crippen LogP contribution in [0.15, 0.2) is 54.7 Å². The van der Waals surface area contributed by atoms with Crippen molar-refractivity contribution in [2.45, 2.75) is 0 Å². The van der Waals surface area contributed by atoms with Crippen molar-refractivity contribution in [3.8, 4) is 17.3 Å². The van der Waals surface area contributed by atoms with Gasteiger partial charge in [0.2, 0.25) is 5.88 Å². The summed E-state index contributed by atoms with van der Waals surface area (Å²) in [7, 11) is 1.61. The molecule has 4 rings (SSSR count). The Morgan fingerprint density at radius 2 is 1.86 bits per heavy atom. The van der Waals surface area contributed by atoms with Crippen molar-refractivity contribution in [1.29, 1.82) is 0 Å². The average molecular weight is 276 g/mol. The van der Waals surface area contributed by atoms with Crippen molar-refractivity contribution >= 4 is 16.6 Å². The maximum Gasteiger partial charge on any atom is 0.224 e. The molecule has 0 radical (unpaired) electrons. The Morgan fingerprint density at radius 3 is 2.76 bits per heavy atom. The van der Waals surface area contributed by atoms with Crippen LogP contribution >= 0.6 is 0 Å². The van der Waals surface area contributed by atoms with E-state index in [-0.39, 0.29) is 0 Å². The number of rotatable bonds is 2. The Hall–Kier alpha value is -2.95. The molecule has 0 bridgehead atoms. The lowest BCUT2D eigenvalue weighted by molar-refractivity contribution is 0.401. The summed E-state index contributed by atoms with van der Waals surface area (Å²) in [4.78, 5) is 4.55. The van der Waals surface area contributed by atoms with E-state index in [1.165, 1.54) is 0 Å². The lowest BCUT2D eigenvalue weighted by Crippen LogP contribution is -1.96. The summed E-state index contributed by atoms with van der Waals surface area (Å²) in [5.74, 6) is 1.27. The summed E-state index contributed by atoms with van der Waals surface area (Å²) in [6, 6.07) is 15.8. The Bertz CT molecular complexity index is 945. The summed E-state index contributed by atoms with van der Waals surface area (Å²) >= 11 is 0. The zero-order valence-electron chi connectivity index (χ0n) is 11.4. The van der Waals surface area contributed by atoms with Crippen LogP contribution in [0.5, 0.6) is 5.88 Å². The highest BCUT2D eigenvalue weighted by Crippen LogP contribution is 2.30. The first-order valence-electron chi connectivity index (χ1n) is 6.61. The van der Waals surface area contributed by atoms with Gasteiger partial charge in [-0.2, -0.15) is 0 Å². The van der Waals surface area contributed by atoms with Crippen LogP contribution in [-0.2, 0) is 0 Å². The predicted octanol–water partition coefficient (Wildman–Crippen LogP) is 2.95. The topological polar surface area (TPSA) is 52.3 Å². The molecule has 3 heterocycles. The monoisotopic (exact) mass is 276 g/mol. The first-order chi connectivity index (χ1) is 10.4. The fourth-order valence-electron chi connectivity index (χ4n) is 2.44. The second-order valence-corrected chi connectivity index (χ2v) is 4.69. The van der Waals surface area contributed by atoms with Gasteiger partial charge in [-0.25, -0.2) is 4.98 Å². The Kier molecular flexibility index (Phi) is 2.57. The van der Waals surface area contributed by atoms with Gasteiger partial charge in [-0.1, -0.05) is 24.3 Å². The minimum Gasteiger partial charge on any atom is -0.480 e. The van der Waals surface area contributed by atoms with Gasteiger partial charge in [0, 0.05) is 11.6 Å². The molecule has 3 aromatic heterocycles. The molecule has 0 saturated heterocycles. The van der Waals surface area contributed by atoms with Gasteiger partial charge in [0.15, 0.2) is 11.5 Å².